The van der Waals surface area contributed by atoms with Gasteiger partial charge in [0.2, 0.25) is 0 Å². The maximum absolute atomic E-state index is 11.3. The van der Waals surface area contributed by atoms with Crippen LogP contribution in [0.5, 0.6) is 5.75 Å². The van der Waals surface area contributed by atoms with Crippen molar-refractivity contribution in [3.05, 3.63) is 27.3 Å². The fraction of sp³-hybridized carbons (Fsp3) is 0.750. The Hall–Kier alpha value is -0.500. The molecule has 186 valence electrons. The third-order valence-electron chi connectivity index (χ3n) is 5.70. The average Bonchev–Trinajstić information content (AvgIpc) is 2.72. The third kappa shape index (κ3) is 15.4. The molecule has 6 nitrogen and oxygen atoms in total. The first-order chi connectivity index (χ1) is 15.3. The molecule has 0 unspecified atom stereocenters. The fourth-order valence-corrected chi connectivity index (χ4v) is 5.66. The molecule has 8 heteroatoms. The molecule has 0 heterocycles. The monoisotopic (exact) mass is 584 g/mol. The van der Waals surface area contributed by atoms with E-state index in [1.54, 1.807) is 6.07 Å². The van der Waals surface area contributed by atoms with E-state index in [0.29, 0.717) is 0 Å². The van der Waals surface area contributed by atoms with Crippen LogP contribution >= 0.6 is 27.6 Å². The Balaban J connectivity index is 2.08. The highest BCUT2D eigenvalue weighted by Gasteiger charge is 2.20. The minimum Gasteiger partial charge on any atom is -0.403 e. The van der Waals surface area contributed by atoms with Crippen molar-refractivity contribution < 1.29 is 25.0 Å². The summed E-state index contributed by atoms with van der Waals surface area (Å²) in [6.07, 6.45) is 21.6. The van der Waals surface area contributed by atoms with Crippen molar-refractivity contribution in [2.45, 2.75) is 116 Å². The number of phosphoric acid groups is 1. The molecule has 0 saturated heterocycles. The number of aryl methyl sites for hydroxylation is 1. The molecule has 0 bridgehead atoms. The number of unbranched alkanes of at least 4 members (excludes halogenated alkanes) is 15. The van der Waals surface area contributed by atoms with Crippen molar-refractivity contribution in [2.24, 2.45) is 0 Å². The normalized spacial score (nSPS) is 11.9. The molecule has 1 aromatic carbocycles. The Labute approximate surface area is 201 Å². The summed E-state index contributed by atoms with van der Waals surface area (Å²) in [7, 11) is -4.79. The van der Waals surface area contributed by atoms with Gasteiger partial charge in [-0.05, 0) is 30.5 Å². The van der Waals surface area contributed by atoms with Gasteiger partial charge in [0.15, 0.2) is 0 Å². The molecule has 0 atom stereocenters. The fourth-order valence-electron chi connectivity index (χ4n) is 3.91. The molecule has 32 heavy (non-hydrogen) atoms. The van der Waals surface area contributed by atoms with Crippen LogP contribution in [0.3, 0.4) is 0 Å². The number of phosphoric ester groups is 1. The Bertz CT molecular complexity index is 736. The van der Waals surface area contributed by atoms with Crippen molar-refractivity contribution in [1.82, 2.24) is 0 Å². The van der Waals surface area contributed by atoms with Gasteiger partial charge in [0.25, 0.3) is 0 Å². The topological polar surface area (TPSA) is 101 Å². The van der Waals surface area contributed by atoms with Crippen LogP contribution in [0.15, 0.2) is 18.2 Å². The maximum atomic E-state index is 11.3. The molecule has 1 aromatic rings. The van der Waals surface area contributed by atoms with Crippen LogP contribution in [-0.2, 0) is 17.1 Å². The summed E-state index contributed by atoms with van der Waals surface area (Å²) in [5.41, 5.74) is 0.834. The van der Waals surface area contributed by atoms with Crippen LogP contribution in [0.1, 0.15) is 115 Å². The van der Waals surface area contributed by atoms with Crippen LogP contribution in [-0.4, -0.2) is 9.79 Å². The molecule has 0 aliphatic carbocycles. The van der Waals surface area contributed by atoms with Gasteiger partial charge in [-0.3, -0.25) is 9.79 Å². The zero-order valence-electron chi connectivity index (χ0n) is 19.6. The molecule has 0 fully saturated rings. The summed E-state index contributed by atoms with van der Waals surface area (Å²) in [6, 6.07) is 4.53. The molecule has 0 aliphatic rings. The van der Waals surface area contributed by atoms with E-state index in [1.165, 1.54) is 102 Å². The predicted octanol–water partition coefficient (Wildman–Crippen LogP) is 8.33. The first-order valence-corrected chi connectivity index (χ1v) is 16.6. The largest absolute Gasteiger partial charge is 0.524 e. The Morgan fingerprint density at radius 2 is 1.19 bits per heavy atom. The van der Waals surface area contributed by atoms with E-state index in [1.807, 2.05) is 0 Å². The summed E-state index contributed by atoms with van der Waals surface area (Å²) >= 11 is -3.89. The number of benzene rings is 1. The number of hydrogen-bond donors (Lipinski definition) is 2. The smallest absolute Gasteiger partial charge is 0.403 e. The van der Waals surface area contributed by atoms with Gasteiger partial charge in [0, 0.05) is 0 Å². The third-order valence-corrected chi connectivity index (χ3v) is 7.97. The van der Waals surface area contributed by atoms with Crippen molar-refractivity contribution in [3.8, 4) is 5.75 Å². The minimum atomic E-state index is -4.79. The van der Waals surface area contributed by atoms with Gasteiger partial charge < -0.3 is 4.52 Å². The summed E-state index contributed by atoms with van der Waals surface area (Å²) in [4.78, 5) is 18.0. The van der Waals surface area contributed by atoms with Crippen molar-refractivity contribution >= 4 is 27.6 Å². The van der Waals surface area contributed by atoms with E-state index in [0.717, 1.165) is 24.8 Å². The summed E-state index contributed by atoms with van der Waals surface area (Å²) < 4.78 is 38.2. The van der Waals surface area contributed by atoms with Crippen LogP contribution in [0.2, 0.25) is 0 Å². The Morgan fingerprint density at radius 1 is 0.750 bits per heavy atom. The molecule has 0 radical (unpaired) electrons. The zero-order chi connectivity index (χ0) is 23.7. The van der Waals surface area contributed by atoms with Crippen LogP contribution in [0, 0.1) is 3.57 Å². The van der Waals surface area contributed by atoms with E-state index >= 15 is 0 Å². The first-order valence-electron chi connectivity index (χ1n) is 12.3. The SMILES string of the molecule is CCCCCCCCCCCCCCCCCCc1ccc(I(=O)=O)c(OP(=O)(O)O)c1. The van der Waals surface area contributed by atoms with Gasteiger partial charge in [-0.25, -0.2) is 10.7 Å². The molecule has 0 spiro atoms. The Kier molecular flexibility index (Phi) is 16.5. The molecule has 2 N–H and O–H groups in total. The Morgan fingerprint density at radius 3 is 1.59 bits per heavy atom. The molecule has 1 rings (SSSR count). The highest BCUT2D eigenvalue weighted by Crippen LogP contribution is 2.41. The molecule has 0 aliphatic heterocycles. The lowest BCUT2D eigenvalue weighted by atomic mass is 10.0. The second-order valence-corrected chi connectivity index (χ2v) is 12.2. The number of hydrogen-bond acceptors (Lipinski definition) is 4. The molecule has 0 aromatic heterocycles. The van der Waals surface area contributed by atoms with Gasteiger partial charge in [-0.15, -0.1) is 0 Å². The van der Waals surface area contributed by atoms with E-state index in [4.69, 9.17) is 9.79 Å². The van der Waals surface area contributed by atoms with Gasteiger partial charge in [0.05, 0.1) is 0 Å². The van der Waals surface area contributed by atoms with Crippen LogP contribution in [0.25, 0.3) is 0 Å². The van der Waals surface area contributed by atoms with Gasteiger partial charge >= 0.3 is 27.6 Å². The van der Waals surface area contributed by atoms with Gasteiger partial charge in [0.1, 0.15) is 9.32 Å². The summed E-state index contributed by atoms with van der Waals surface area (Å²) in [6.45, 7) is 2.26. The van der Waals surface area contributed by atoms with Crippen LogP contribution < -0.4 is 4.52 Å². The highest BCUT2D eigenvalue weighted by atomic mass is 127. The van der Waals surface area contributed by atoms with E-state index in [-0.39, 0.29) is 9.32 Å². The molecular weight excluding hydrogens is 542 g/mol. The predicted molar refractivity (Wildman–Crippen MR) is 136 cm³/mol. The molecular formula is C24H42IO6P. The van der Waals surface area contributed by atoms with Crippen LogP contribution in [0.4, 0.5) is 0 Å². The lowest BCUT2D eigenvalue weighted by Gasteiger charge is -2.10. The second kappa shape index (κ2) is 17.9. The number of halogens is 1. The molecule has 0 amide bonds. The van der Waals surface area contributed by atoms with Gasteiger partial charge in [-0.1, -0.05) is 109 Å². The van der Waals surface area contributed by atoms with E-state index in [2.05, 4.69) is 11.4 Å². The van der Waals surface area contributed by atoms with Crippen molar-refractivity contribution in [1.29, 1.82) is 0 Å². The lowest BCUT2D eigenvalue weighted by molar-refractivity contribution is 0.282. The standard InChI is InChI=1S/C24H42IO6P/c1-2-3-4-5-6-7-8-9-10-11-12-13-14-15-16-17-18-22-19-20-23(25(26)27)24(21-22)31-32(28,29)30/h19-21H,2-18H2,1H3,(H2,28,29,30). The van der Waals surface area contributed by atoms with Crippen molar-refractivity contribution in [3.63, 3.8) is 0 Å². The molecule has 0 saturated carbocycles. The lowest BCUT2D eigenvalue weighted by Crippen LogP contribution is -1.95. The zero-order valence-corrected chi connectivity index (χ0v) is 22.7. The first kappa shape index (κ1) is 29.5. The minimum absolute atomic E-state index is 0.117. The maximum Gasteiger partial charge on any atom is 0.524 e. The summed E-state index contributed by atoms with van der Waals surface area (Å²) in [5.74, 6) is -0.234. The average molecular weight is 584 g/mol. The van der Waals surface area contributed by atoms with E-state index < -0.39 is 27.6 Å². The van der Waals surface area contributed by atoms with Crippen molar-refractivity contribution in [2.75, 3.05) is 0 Å². The second-order valence-electron chi connectivity index (χ2n) is 8.62. The quantitative estimate of drug-likeness (QED) is 0.0908. The highest BCUT2D eigenvalue weighted by molar-refractivity contribution is 14.2. The van der Waals surface area contributed by atoms with E-state index in [9.17, 15) is 10.7 Å². The summed E-state index contributed by atoms with van der Waals surface area (Å²) in [5, 5.41) is 0. The number of rotatable bonds is 20. The van der Waals surface area contributed by atoms with Gasteiger partial charge in [-0.2, -0.15) is 0 Å².